The highest BCUT2D eigenvalue weighted by molar-refractivity contribution is 5.81. The van der Waals surface area contributed by atoms with Gasteiger partial charge < -0.3 is 4.57 Å². The fourth-order valence-electron chi connectivity index (χ4n) is 2.96. The number of hydrogen-bond acceptors (Lipinski definition) is 0. The van der Waals surface area contributed by atoms with Crippen LogP contribution in [0.15, 0.2) is 60.7 Å². The van der Waals surface area contributed by atoms with Crippen molar-refractivity contribution in [2.75, 3.05) is 0 Å². The summed E-state index contributed by atoms with van der Waals surface area (Å²) in [5, 5.41) is 1.34. The highest BCUT2D eigenvalue weighted by atomic mass is 15.0. The monoisotopic (exact) mass is 277 g/mol. The maximum atomic E-state index is 2.49. The van der Waals surface area contributed by atoms with Gasteiger partial charge in [0.05, 0.1) is 0 Å². The third kappa shape index (κ3) is 2.87. The maximum absolute atomic E-state index is 2.49. The highest BCUT2D eigenvalue weighted by Crippen LogP contribution is 2.29. The first-order valence-electron chi connectivity index (χ1n) is 7.68. The number of aryl methyl sites for hydroxylation is 2. The summed E-state index contributed by atoms with van der Waals surface area (Å²) in [6, 6.07) is 21.8. The van der Waals surface area contributed by atoms with Crippen molar-refractivity contribution in [3.8, 4) is 0 Å². The first kappa shape index (κ1) is 13.9. The van der Waals surface area contributed by atoms with Gasteiger partial charge in [0.2, 0.25) is 0 Å². The van der Waals surface area contributed by atoms with Crippen LogP contribution in [0.1, 0.15) is 32.0 Å². The molecule has 1 aromatic heterocycles. The van der Waals surface area contributed by atoms with E-state index in [9.17, 15) is 0 Å². The predicted molar refractivity (Wildman–Crippen MR) is 90.8 cm³/mol. The Labute approximate surface area is 127 Å². The SMILES string of the molecule is CC(C)(C)c1cc2ccccc2n1CCc1ccccc1. The predicted octanol–water partition coefficient (Wildman–Crippen LogP) is 5.18. The van der Waals surface area contributed by atoms with Crippen molar-refractivity contribution in [2.24, 2.45) is 0 Å². The standard InChI is InChI=1S/C20H23N/c1-20(2,3)19-15-17-11-7-8-12-18(17)21(19)14-13-16-9-5-4-6-10-16/h4-12,15H,13-14H2,1-3H3. The zero-order valence-electron chi connectivity index (χ0n) is 13.1. The minimum atomic E-state index is 0.162. The van der Waals surface area contributed by atoms with Crippen molar-refractivity contribution in [2.45, 2.75) is 39.2 Å². The van der Waals surface area contributed by atoms with Crippen LogP contribution in [0.5, 0.6) is 0 Å². The maximum Gasteiger partial charge on any atom is 0.0482 e. The summed E-state index contributed by atoms with van der Waals surface area (Å²) in [5.74, 6) is 0. The summed E-state index contributed by atoms with van der Waals surface area (Å²) in [6.07, 6.45) is 1.07. The molecule has 1 heterocycles. The van der Waals surface area contributed by atoms with Crippen LogP contribution < -0.4 is 0 Å². The largest absolute Gasteiger partial charge is 0.344 e. The molecule has 108 valence electrons. The fourth-order valence-corrected chi connectivity index (χ4v) is 2.96. The summed E-state index contributed by atoms with van der Waals surface area (Å²) in [7, 11) is 0. The second-order valence-electron chi connectivity index (χ2n) is 6.73. The van der Waals surface area contributed by atoms with E-state index >= 15 is 0 Å². The normalized spacial score (nSPS) is 12.0. The molecule has 0 spiro atoms. The molecule has 21 heavy (non-hydrogen) atoms. The molecule has 0 saturated heterocycles. The summed E-state index contributed by atoms with van der Waals surface area (Å²) in [6.45, 7) is 7.91. The molecule has 0 atom stereocenters. The van der Waals surface area contributed by atoms with Gasteiger partial charge in [0.15, 0.2) is 0 Å². The average molecular weight is 277 g/mol. The Morgan fingerprint density at radius 3 is 2.24 bits per heavy atom. The molecule has 0 unspecified atom stereocenters. The van der Waals surface area contributed by atoms with Gasteiger partial charge >= 0.3 is 0 Å². The Morgan fingerprint density at radius 2 is 1.52 bits per heavy atom. The number of rotatable bonds is 3. The fraction of sp³-hybridized carbons (Fsp3) is 0.300. The third-order valence-corrected chi connectivity index (χ3v) is 4.05. The number of benzene rings is 2. The number of aromatic nitrogens is 1. The van der Waals surface area contributed by atoms with Gasteiger partial charge in [-0.15, -0.1) is 0 Å². The molecule has 3 rings (SSSR count). The molecule has 0 bridgehead atoms. The van der Waals surface area contributed by atoms with E-state index < -0.39 is 0 Å². The van der Waals surface area contributed by atoms with Gasteiger partial charge in [-0.05, 0) is 29.5 Å². The number of para-hydroxylation sites is 1. The second-order valence-corrected chi connectivity index (χ2v) is 6.73. The molecular formula is C20H23N. The molecule has 3 aromatic rings. The summed E-state index contributed by atoms with van der Waals surface area (Å²) >= 11 is 0. The molecule has 0 radical (unpaired) electrons. The lowest BCUT2D eigenvalue weighted by molar-refractivity contribution is 0.523. The molecular weight excluding hydrogens is 254 g/mol. The van der Waals surface area contributed by atoms with Crippen LogP contribution in [0, 0.1) is 0 Å². The van der Waals surface area contributed by atoms with Crippen LogP contribution in [0.4, 0.5) is 0 Å². The molecule has 0 fully saturated rings. The quantitative estimate of drug-likeness (QED) is 0.621. The van der Waals surface area contributed by atoms with Crippen LogP contribution in [0.2, 0.25) is 0 Å². The van der Waals surface area contributed by atoms with Gasteiger partial charge in [-0.1, -0.05) is 69.3 Å². The number of hydrogen-bond donors (Lipinski definition) is 0. The van der Waals surface area contributed by atoms with E-state index in [-0.39, 0.29) is 5.41 Å². The Bertz CT molecular complexity index is 729. The molecule has 1 nitrogen and oxygen atoms in total. The van der Waals surface area contributed by atoms with Gasteiger partial charge in [-0.2, -0.15) is 0 Å². The van der Waals surface area contributed by atoms with Crippen molar-refractivity contribution in [1.29, 1.82) is 0 Å². The Balaban J connectivity index is 1.99. The minimum absolute atomic E-state index is 0.162. The van der Waals surface area contributed by atoms with Crippen molar-refractivity contribution < 1.29 is 0 Å². The second kappa shape index (κ2) is 5.40. The summed E-state index contributed by atoms with van der Waals surface area (Å²) < 4.78 is 2.49. The number of nitrogens with zero attached hydrogens (tertiary/aromatic N) is 1. The van der Waals surface area contributed by atoms with E-state index in [0.717, 1.165) is 13.0 Å². The lowest BCUT2D eigenvalue weighted by Gasteiger charge is -2.22. The number of fused-ring (bicyclic) bond motifs is 1. The van der Waals surface area contributed by atoms with E-state index in [2.05, 4.69) is 86.0 Å². The molecule has 0 amide bonds. The van der Waals surface area contributed by atoms with E-state index in [4.69, 9.17) is 0 Å². The van der Waals surface area contributed by atoms with Crippen molar-refractivity contribution in [1.82, 2.24) is 4.57 Å². The van der Waals surface area contributed by atoms with Crippen LogP contribution >= 0.6 is 0 Å². The zero-order valence-corrected chi connectivity index (χ0v) is 13.1. The third-order valence-electron chi connectivity index (χ3n) is 4.05. The van der Waals surface area contributed by atoms with Gasteiger partial charge in [0, 0.05) is 23.2 Å². The van der Waals surface area contributed by atoms with E-state index in [1.807, 2.05) is 0 Å². The van der Waals surface area contributed by atoms with Crippen molar-refractivity contribution >= 4 is 10.9 Å². The van der Waals surface area contributed by atoms with Crippen LogP contribution in [0.25, 0.3) is 10.9 Å². The minimum Gasteiger partial charge on any atom is -0.344 e. The Hall–Kier alpha value is -2.02. The van der Waals surface area contributed by atoms with Gasteiger partial charge in [-0.25, -0.2) is 0 Å². The Kier molecular flexibility index (Phi) is 3.59. The van der Waals surface area contributed by atoms with Gasteiger partial charge in [0.25, 0.3) is 0 Å². The molecule has 0 aliphatic carbocycles. The zero-order chi connectivity index (χ0) is 14.9. The first-order chi connectivity index (χ1) is 10.1. The summed E-state index contributed by atoms with van der Waals surface area (Å²) in [5.41, 5.74) is 4.32. The molecule has 0 N–H and O–H groups in total. The molecule has 2 aromatic carbocycles. The van der Waals surface area contributed by atoms with E-state index in [1.165, 1.54) is 22.2 Å². The Morgan fingerprint density at radius 1 is 0.857 bits per heavy atom. The average Bonchev–Trinajstić information content (AvgIpc) is 2.85. The van der Waals surface area contributed by atoms with Crippen LogP contribution in [-0.4, -0.2) is 4.57 Å². The van der Waals surface area contributed by atoms with Crippen molar-refractivity contribution in [3.05, 3.63) is 71.9 Å². The topological polar surface area (TPSA) is 4.93 Å². The summed E-state index contributed by atoms with van der Waals surface area (Å²) in [4.78, 5) is 0. The molecule has 0 aliphatic rings. The van der Waals surface area contributed by atoms with Crippen molar-refractivity contribution in [3.63, 3.8) is 0 Å². The van der Waals surface area contributed by atoms with Gasteiger partial charge in [0.1, 0.15) is 0 Å². The van der Waals surface area contributed by atoms with E-state index in [1.54, 1.807) is 0 Å². The lowest BCUT2D eigenvalue weighted by Crippen LogP contribution is -2.18. The smallest absolute Gasteiger partial charge is 0.0482 e. The molecule has 1 heteroatoms. The van der Waals surface area contributed by atoms with Crippen LogP contribution in [-0.2, 0) is 18.4 Å². The van der Waals surface area contributed by atoms with Gasteiger partial charge in [-0.3, -0.25) is 0 Å². The lowest BCUT2D eigenvalue weighted by atomic mass is 9.92. The van der Waals surface area contributed by atoms with E-state index in [0.29, 0.717) is 0 Å². The first-order valence-corrected chi connectivity index (χ1v) is 7.68. The highest BCUT2D eigenvalue weighted by Gasteiger charge is 2.20. The van der Waals surface area contributed by atoms with Crippen LogP contribution in [0.3, 0.4) is 0 Å². The molecule has 0 aliphatic heterocycles. The molecule has 0 saturated carbocycles.